The number of ether oxygens (including phenoxy) is 1. The Balaban J connectivity index is 1.73. The van der Waals surface area contributed by atoms with Crippen LogP contribution in [0, 0.1) is 10.1 Å². The highest BCUT2D eigenvalue weighted by Gasteiger charge is 2.44. The van der Waals surface area contributed by atoms with E-state index in [4.69, 9.17) is 14.1 Å². The van der Waals surface area contributed by atoms with E-state index in [1.807, 2.05) is 30.3 Å². The second-order valence-corrected chi connectivity index (χ2v) is 7.61. The van der Waals surface area contributed by atoms with E-state index >= 15 is 0 Å². The standard InChI is InChI=1S/C22H20N2O7P/c1-17(22(25)29-16-18-8-4-2-5-9-18)24(30-20-10-6-3-7-11-20)32(28)31-21-14-12-19(13-15-21)23(26)27/h2-15,17H,16H2,1H3/q+1. The fraction of sp³-hybridized carbons (Fsp3) is 0.136. The molecule has 32 heavy (non-hydrogen) atoms. The number of para-hydroxylation sites is 1. The van der Waals surface area contributed by atoms with E-state index in [9.17, 15) is 19.5 Å². The average molecular weight is 455 g/mol. The molecule has 0 aliphatic heterocycles. The van der Waals surface area contributed by atoms with Crippen LogP contribution in [-0.4, -0.2) is 21.8 Å². The molecule has 9 nitrogen and oxygen atoms in total. The van der Waals surface area contributed by atoms with Gasteiger partial charge in [0, 0.05) is 16.7 Å². The number of carbonyl (C=O) groups excluding carboxylic acids is 1. The summed E-state index contributed by atoms with van der Waals surface area (Å²) >= 11 is 0. The number of carbonyl (C=O) groups is 1. The number of rotatable bonds is 10. The van der Waals surface area contributed by atoms with E-state index in [1.54, 1.807) is 30.3 Å². The van der Waals surface area contributed by atoms with Gasteiger partial charge in [-0.3, -0.25) is 14.9 Å². The molecular weight excluding hydrogens is 435 g/mol. The van der Waals surface area contributed by atoms with Crippen LogP contribution in [0.25, 0.3) is 0 Å². The maximum Gasteiger partial charge on any atom is 0.703 e. The molecule has 3 aromatic rings. The first-order chi connectivity index (χ1) is 15.4. The topological polar surface area (TPSA) is 108 Å². The quantitative estimate of drug-likeness (QED) is 0.181. The molecule has 0 bridgehead atoms. The molecule has 10 heteroatoms. The molecule has 0 aliphatic rings. The van der Waals surface area contributed by atoms with Crippen LogP contribution >= 0.6 is 8.18 Å². The molecule has 0 aromatic heterocycles. The predicted molar refractivity (Wildman–Crippen MR) is 116 cm³/mol. The molecule has 0 spiro atoms. The van der Waals surface area contributed by atoms with Crippen LogP contribution in [0.1, 0.15) is 12.5 Å². The van der Waals surface area contributed by atoms with Gasteiger partial charge < -0.3 is 9.57 Å². The highest BCUT2D eigenvalue weighted by atomic mass is 31.1. The van der Waals surface area contributed by atoms with Crippen molar-refractivity contribution in [2.24, 2.45) is 0 Å². The summed E-state index contributed by atoms with van der Waals surface area (Å²) in [7, 11) is -2.72. The number of nitro benzene ring substituents is 1. The summed E-state index contributed by atoms with van der Waals surface area (Å²) in [5.41, 5.74) is 0.665. The summed E-state index contributed by atoms with van der Waals surface area (Å²) in [6.45, 7) is 1.52. The van der Waals surface area contributed by atoms with Crippen molar-refractivity contribution in [1.29, 1.82) is 0 Å². The zero-order valence-corrected chi connectivity index (χ0v) is 18.0. The summed E-state index contributed by atoms with van der Waals surface area (Å²) in [5, 5.41) is 10.8. The lowest BCUT2D eigenvalue weighted by Gasteiger charge is -2.17. The second kappa shape index (κ2) is 11.0. The summed E-state index contributed by atoms with van der Waals surface area (Å²) in [4.78, 5) is 29.4. The Kier molecular flexibility index (Phi) is 7.85. The molecule has 0 heterocycles. The van der Waals surface area contributed by atoms with Gasteiger partial charge in [-0.1, -0.05) is 48.5 Å². The molecule has 0 radical (unpaired) electrons. The monoisotopic (exact) mass is 455 g/mol. The van der Waals surface area contributed by atoms with Crippen LogP contribution in [0.3, 0.4) is 0 Å². The van der Waals surface area contributed by atoms with Crippen molar-refractivity contribution in [1.82, 2.24) is 4.83 Å². The summed E-state index contributed by atoms with van der Waals surface area (Å²) < 4.78 is 23.7. The van der Waals surface area contributed by atoms with Gasteiger partial charge in [-0.2, -0.15) is 0 Å². The number of hydrogen-bond donors (Lipinski definition) is 0. The predicted octanol–water partition coefficient (Wildman–Crippen LogP) is 5.06. The Morgan fingerprint density at radius 1 is 0.969 bits per heavy atom. The first kappa shape index (κ1) is 22.9. The number of nitro groups is 1. The first-order valence-corrected chi connectivity index (χ1v) is 10.7. The second-order valence-electron chi connectivity index (χ2n) is 6.56. The van der Waals surface area contributed by atoms with Gasteiger partial charge in [0.15, 0.2) is 17.5 Å². The smallest absolute Gasteiger partial charge is 0.459 e. The minimum atomic E-state index is -2.72. The van der Waals surface area contributed by atoms with Crippen molar-refractivity contribution >= 4 is 19.8 Å². The molecule has 0 amide bonds. The molecule has 0 fully saturated rings. The largest absolute Gasteiger partial charge is 0.703 e. The third kappa shape index (κ3) is 6.34. The van der Waals surface area contributed by atoms with Gasteiger partial charge in [-0.25, -0.2) is 4.52 Å². The maximum atomic E-state index is 12.9. The van der Waals surface area contributed by atoms with E-state index in [1.165, 1.54) is 31.2 Å². The maximum absolute atomic E-state index is 12.9. The lowest BCUT2D eigenvalue weighted by molar-refractivity contribution is -0.384. The molecule has 0 N–H and O–H groups in total. The lowest BCUT2D eigenvalue weighted by atomic mass is 10.2. The summed E-state index contributed by atoms with van der Waals surface area (Å²) in [5.74, 6) is -0.213. The van der Waals surface area contributed by atoms with Gasteiger partial charge >= 0.3 is 14.1 Å². The van der Waals surface area contributed by atoms with Crippen LogP contribution in [0.5, 0.6) is 11.5 Å². The van der Waals surface area contributed by atoms with Crippen LogP contribution in [0.4, 0.5) is 5.69 Å². The van der Waals surface area contributed by atoms with E-state index in [0.29, 0.717) is 5.75 Å². The van der Waals surface area contributed by atoms with Gasteiger partial charge in [0.2, 0.25) is 0 Å². The fourth-order valence-electron chi connectivity index (χ4n) is 2.54. The Hall–Kier alpha value is -3.81. The van der Waals surface area contributed by atoms with Crippen molar-refractivity contribution in [2.45, 2.75) is 19.6 Å². The molecule has 0 saturated heterocycles. The molecule has 0 aliphatic carbocycles. The number of benzene rings is 3. The molecule has 164 valence electrons. The van der Waals surface area contributed by atoms with Gasteiger partial charge in [0.05, 0.1) is 4.92 Å². The lowest BCUT2D eigenvalue weighted by Crippen LogP contribution is -2.38. The fourth-order valence-corrected chi connectivity index (χ4v) is 3.46. The molecule has 2 atom stereocenters. The van der Waals surface area contributed by atoms with Crippen LogP contribution in [0.15, 0.2) is 84.9 Å². The van der Waals surface area contributed by atoms with Crippen LogP contribution in [-0.2, 0) is 20.7 Å². The zero-order valence-electron chi connectivity index (χ0n) is 17.1. The van der Waals surface area contributed by atoms with Crippen LogP contribution < -0.4 is 9.36 Å². The van der Waals surface area contributed by atoms with Gasteiger partial charge in [0.25, 0.3) is 5.69 Å². The van der Waals surface area contributed by atoms with Crippen molar-refractivity contribution in [2.75, 3.05) is 0 Å². The normalized spacial score (nSPS) is 12.0. The zero-order chi connectivity index (χ0) is 22.9. The van der Waals surface area contributed by atoms with Gasteiger partial charge in [-0.05, 0) is 36.8 Å². The van der Waals surface area contributed by atoms with E-state index in [0.717, 1.165) is 10.4 Å². The van der Waals surface area contributed by atoms with E-state index < -0.39 is 25.1 Å². The summed E-state index contributed by atoms with van der Waals surface area (Å²) in [6.07, 6.45) is 0. The van der Waals surface area contributed by atoms with Gasteiger partial charge in [-0.15, -0.1) is 0 Å². The molecule has 3 aromatic carbocycles. The van der Waals surface area contributed by atoms with Gasteiger partial charge in [0.1, 0.15) is 11.4 Å². The average Bonchev–Trinajstić information content (AvgIpc) is 2.82. The van der Waals surface area contributed by atoms with Crippen molar-refractivity contribution in [3.05, 3.63) is 101 Å². The van der Waals surface area contributed by atoms with Crippen LogP contribution in [0.2, 0.25) is 0 Å². The van der Waals surface area contributed by atoms with Crippen molar-refractivity contribution in [3.8, 4) is 11.5 Å². The highest BCUT2D eigenvalue weighted by Crippen LogP contribution is 2.35. The third-order valence-corrected chi connectivity index (χ3v) is 5.35. The van der Waals surface area contributed by atoms with Crippen molar-refractivity contribution in [3.63, 3.8) is 0 Å². The SMILES string of the molecule is CC(C(=O)OCc1ccccc1)N(Oc1ccccc1)[P+](=O)Oc1ccc([N+](=O)[O-])cc1. The number of nitrogens with zero attached hydrogens (tertiary/aromatic N) is 2. The molecule has 2 unspecified atom stereocenters. The van der Waals surface area contributed by atoms with Crippen molar-refractivity contribution < 1.29 is 28.4 Å². The Labute approximate surface area is 185 Å². The number of hydroxylamine groups is 1. The Morgan fingerprint density at radius 3 is 2.16 bits per heavy atom. The number of non-ortho nitro benzene ring substituents is 1. The van der Waals surface area contributed by atoms with E-state index in [-0.39, 0.29) is 18.0 Å². The molecule has 0 saturated carbocycles. The minimum absolute atomic E-state index is 0.0448. The third-order valence-electron chi connectivity index (χ3n) is 4.23. The highest BCUT2D eigenvalue weighted by molar-refractivity contribution is 7.36. The number of hydrogen-bond acceptors (Lipinski definition) is 7. The number of esters is 1. The Morgan fingerprint density at radius 2 is 1.56 bits per heavy atom. The first-order valence-electron chi connectivity index (χ1n) is 9.56. The molecular formula is C22H20N2O7P+. The minimum Gasteiger partial charge on any atom is -0.459 e. The van der Waals surface area contributed by atoms with E-state index in [2.05, 4.69) is 0 Å². The Bertz CT molecular complexity index is 1060. The molecule has 3 rings (SSSR count). The summed E-state index contributed by atoms with van der Waals surface area (Å²) in [6, 6.07) is 21.6.